The van der Waals surface area contributed by atoms with E-state index in [1.807, 2.05) is 0 Å². The van der Waals surface area contributed by atoms with Crippen LogP contribution in [0.5, 0.6) is 0 Å². The van der Waals surface area contributed by atoms with Crippen molar-refractivity contribution in [1.82, 2.24) is 14.9 Å². The third-order valence-corrected chi connectivity index (χ3v) is 5.36. The molecule has 5 heteroatoms. The third-order valence-electron chi connectivity index (χ3n) is 5.36. The van der Waals surface area contributed by atoms with Crippen molar-refractivity contribution >= 4 is 5.82 Å². The lowest BCUT2D eigenvalue weighted by molar-refractivity contribution is 0.150. The molecule has 2 aliphatic rings. The first-order valence-corrected chi connectivity index (χ1v) is 9.41. The minimum Gasteiger partial charge on any atom is -0.381 e. The molecule has 2 saturated heterocycles. The molecule has 1 unspecified atom stereocenters. The molecule has 0 aromatic carbocycles. The van der Waals surface area contributed by atoms with Crippen LogP contribution < -0.4 is 4.90 Å². The standard InChI is InChI=1S/C19H32N4O/c1-14(2)19-20-15(3)11-18(21-19)23-8-5-17(6-9-23)22(4)12-16-7-10-24-13-16/h11,14,16-17H,5-10,12-13H2,1-4H3. The molecule has 0 aliphatic carbocycles. The Balaban J connectivity index is 1.56. The van der Waals surface area contributed by atoms with Gasteiger partial charge in [-0.05, 0) is 39.2 Å². The van der Waals surface area contributed by atoms with Crippen LogP contribution in [0.25, 0.3) is 0 Å². The zero-order valence-corrected chi connectivity index (χ0v) is 15.7. The van der Waals surface area contributed by atoms with E-state index in [2.05, 4.69) is 48.7 Å². The maximum Gasteiger partial charge on any atom is 0.133 e. The molecular weight excluding hydrogens is 300 g/mol. The molecule has 1 aromatic heterocycles. The molecule has 3 rings (SSSR count). The Bertz CT molecular complexity index is 534. The van der Waals surface area contributed by atoms with Crippen LogP contribution in [0.4, 0.5) is 5.82 Å². The molecule has 2 fully saturated rings. The van der Waals surface area contributed by atoms with Crippen molar-refractivity contribution in [3.05, 3.63) is 17.6 Å². The average molecular weight is 332 g/mol. The largest absolute Gasteiger partial charge is 0.381 e. The summed E-state index contributed by atoms with van der Waals surface area (Å²) in [5.74, 6) is 3.18. The number of rotatable bonds is 5. The van der Waals surface area contributed by atoms with Crippen LogP contribution >= 0.6 is 0 Å². The molecule has 1 aromatic rings. The van der Waals surface area contributed by atoms with E-state index in [0.717, 1.165) is 49.6 Å². The van der Waals surface area contributed by atoms with Crippen molar-refractivity contribution < 1.29 is 4.74 Å². The molecule has 24 heavy (non-hydrogen) atoms. The van der Waals surface area contributed by atoms with E-state index < -0.39 is 0 Å². The summed E-state index contributed by atoms with van der Waals surface area (Å²) >= 11 is 0. The predicted octanol–water partition coefficient (Wildman–Crippen LogP) is 2.85. The number of aryl methyl sites for hydroxylation is 1. The fourth-order valence-corrected chi connectivity index (χ4v) is 3.81. The van der Waals surface area contributed by atoms with Gasteiger partial charge in [0.05, 0.1) is 6.61 Å². The fraction of sp³-hybridized carbons (Fsp3) is 0.789. The molecule has 0 amide bonds. The highest BCUT2D eigenvalue weighted by Gasteiger charge is 2.26. The highest BCUT2D eigenvalue weighted by atomic mass is 16.5. The first-order valence-electron chi connectivity index (χ1n) is 9.41. The Labute approximate surface area is 146 Å². The maximum absolute atomic E-state index is 5.51. The molecule has 0 N–H and O–H groups in total. The van der Waals surface area contributed by atoms with Gasteiger partial charge in [0.2, 0.25) is 0 Å². The Morgan fingerprint density at radius 1 is 1.25 bits per heavy atom. The highest BCUT2D eigenvalue weighted by Crippen LogP contribution is 2.24. The maximum atomic E-state index is 5.51. The number of hydrogen-bond donors (Lipinski definition) is 0. The topological polar surface area (TPSA) is 41.5 Å². The Morgan fingerprint density at radius 3 is 2.62 bits per heavy atom. The Morgan fingerprint density at radius 2 is 2.00 bits per heavy atom. The third kappa shape index (κ3) is 4.25. The van der Waals surface area contributed by atoms with Crippen LogP contribution in [0.1, 0.15) is 50.5 Å². The summed E-state index contributed by atoms with van der Waals surface area (Å²) in [6.07, 6.45) is 3.65. The molecule has 1 atom stereocenters. The van der Waals surface area contributed by atoms with E-state index in [1.54, 1.807) is 0 Å². The first kappa shape index (κ1) is 17.6. The van der Waals surface area contributed by atoms with Crippen LogP contribution in [-0.4, -0.2) is 60.8 Å². The summed E-state index contributed by atoms with van der Waals surface area (Å²) in [5.41, 5.74) is 1.07. The van der Waals surface area contributed by atoms with E-state index in [-0.39, 0.29) is 0 Å². The van der Waals surface area contributed by atoms with E-state index in [4.69, 9.17) is 9.72 Å². The van der Waals surface area contributed by atoms with E-state index in [9.17, 15) is 0 Å². The van der Waals surface area contributed by atoms with Crippen LogP contribution in [0.3, 0.4) is 0 Å². The Hall–Kier alpha value is -1.20. The van der Waals surface area contributed by atoms with Crippen LogP contribution in [0, 0.1) is 12.8 Å². The van der Waals surface area contributed by atoms with Gasteiger partial charge >= 0.3 is 0 Å². The van der Waals surface area contributed by atoms with Crippen molar-refractivity contribution in [2.75, 3.05) is 44.8 Å². The molecule has 5 nitrogen and oxygen atoms in total. The molecule has 0 saturated carbocycles. The number of aromatic nitrogens is 2. The SMILES string of the molecule is Cc1cc(N2CCC(N(C)CC3CCOC3)CC2)nc(C(C)C)n1. The number of anilines is 1. The zero-order chi connectivity index (χ0) is 17.1. The second kappa shape index (κ2) is 7.79. The molecule has 0 bridgehead atoms. The summed E-state index contributed by atoms with van der Waals surface area (Å²) in [4.78, 5) is 14.4. The van der Waals surface area contributed by atoms with Crippen molar-refractivity contribution in [2.24, 2.45) is 5.92 Å². The van der Waals surface area contributed by atoms with Crippen molar-refractivity contribution in [2.45, 2.75) is 52.0 Å². The quantitative estimate of drug-likeness (QED) is 0.829. The van der Waals surface area contributed by atoms with Gasteiger partial charge in [0.15, 0.2) is 0 Å². The van der Waals surface area contributed by atoms with Crippen LogP contribution in [0.2, 0.25) is 0 Å². The Kier molecular flexibility index (Phi) is 5.72. The number of nitrogens with zero attached hydrogens (tertiary/aromatic N) is 4. The van der Waals surface area contributed by atoms with Gasteiger partial charge in [0.1, 0.15) is 11.6 Å². The van der Waals surface area contributed by atoms with Gasteiger partial charge in [0.25, 0.3) is 0 Å². The molecule has 134 valence electrons. The van der Waals surface area contributed by atoms with E-state index >= 15 is 0 Å². The van der Waals surface area contributed by atoms with E-state index in [0.29, 0.717) is 12.0 Å². The summed E-state index contributed by atoms with van der Waals surface area (Å²) < 4.78 is 5.51. The first-order chi connectivity index (χ1) is 11.5. The lowest BCUT2D eigenvalue weighted by Gasteiger charge is -2.38. The smallest absolute Gasteiger partial charge is 0.133 e. The van der Waals surface area contributed by atoms with Gasteiger partial charge in [-0.15, -0.1) is 0 Å². The number of ether oxygens (including phenoxy) is 1. The van der Waals surface area contributed by atoms with Crippen molar-refractivity contribution in [3.63, 3.8) is 0 Å². The van der Waals surface area contributed by atoms with E-state index in [1.165, 1.54) is 25.8 Å². The monoisotopic (exact) mass is 332 g/mol. The minimum absolute atomic E-state index is 0.376. The van der Waals surface area contributed by atoms with Gasteiger partial charge in [-0.2, -0.15) is 0 Å². The predicted molar refractivity (Wildman–Crippen MR) is 97.6 cm³/mol. The van der Waals surface area contributed by atoms with Gasteiger partial charge in [-0.25, -0.2) is 9.97 Å². The molecule has 3 heterocycles. The minimum atomic E-state index is 0.376. The highest BCUT2D eigenvalue weighted by molar-refractivity contribution is 5.40. The molecular formula is C19H32N4O. The van der Waals surface area contributed by atoms with Crippen molar-refractivity contribution in [1.29, 1.82) is 0 Å². The van der Waals surface area contributed by atoms with Gasteiger partial charge in [0, 0.05) is 50.0 Å². The second-order valence-electron chi connectivity index (χ2n) is 7.77. The van der Waals surface area contributed by atoms with Crippen LogP contribution in [-0.2, 0) is 4.74 Å². The average Bonchev–Trinajstić information content (AvgIpc) is 3.07. The normalized spacial score (nSPS) is 22.8. The lowest BCUT2D eigenvalue weighted by Crippen LogP contribution is -2.45. The molecule has 0 spiro atoms. The lowest BCUT2D eigenvalue weighted by atomic mass is 10.0. The molecule has 0 radical (unpaired) electrons. The fourth-order valence-electron chi connectivity index (χ4n) is 3.81. The zero-order valence-electron chi connectivity index (χ0n) is 15.7. The van der Waals surface area contributed by atoms with Crippen molar-refractivity contribution in [3.8, 4) is 0 Å². The van der Waals surface area contributed by atoms with Gasteiger partial charge in [-0.1, -0.05) is 13.8 Å². The summed E-state index contributed by atoms with van der Waals surface area (Å²) in [6, 6.07) is 2.82. The second-order valence-corrected chi connectivity index (χ2v) is 7.77. The molecule has 2 aliphatic heterocycles. The summed E-state index contributed by atoms with van der Waals surface area (Å²) in [6.45, 7) is 11.6. The van der Waals surface area contributed by atoms with Gasteiger partial charge in [-0.3, -0.25) is 0 Å². The summed E-state index contributed by atoms with van der Waals surface area (Å²) in [5, 5.41) is 0. The summed E-state index contributed by atoms with van der Waals surface area (Å²) in [7, 11) is 2.28. The number of hydrogen-bond acceptors (Lipinski definition) is 5. The number of piperidine rings is 1. The van der Waals surface area contributed by atoms with Gasteiger partial charge < -0.3 is 14.5 Å². The van der Waals surface area contributed by atoms with Crippen LogP contribution in [0.15, 0.2) is 6.07 Å².